The average molecular weight is 499 g/mol. The Hall–Kier alpha value is -2.10. The highest BCUT2D eigenvalue weighted by atomic mass is 127. The Labute approximate surface area is 182 Å². The smallest absolute Gasteiger partial charge is 0.191 e. The van der Waals surface area contributed by atoms with Crippen molar-refractivity contribution in [3.05, 3.63) is 54.0 Å². The summed E-state index contributed by atoms with van der Waals surface area (Å²) in [5, 5.41) is 6.75. The highest BCUT2D eigenvalue weighted by Gasteiger charge is 2.25. The van der Waals surface area contributed by atoms with E-state index in [1.807, 2.05) is 23.1 Å². The molecule has 1 fully saturated rings. The van der Waals surface area contributed by atoms with Crippen LogP contribution in [0.3, 0.4) is 0 Å². The van der Waals surface area contributed by atoms with Gasteiger partial charge in [-0.1, -0.05) is 12.1 Å². The first-order valence-corrected chi connectivity index (χ1v) is 9.15. The highest BCUT2D eigenvalue weighted by molar-refractivity contribution is 14.0. The molecule has 0 spiro atoms. The Kier molecular flexibility index (Phi) is 8.75. The topological polar surface area (TPSA) is 61.8 Å². The first-order valence-electron chi connectivity index (χ1n) is 9.15. The number of hydrogen-bond donors (Lipinski definition) is 2. The van der Waals surface area contributed by atoms with E-state index in [9.17, 15) is 4.39 Å². The molecule has 1 saturated heterocycles. The molecule has 1 aromatic heterocycles. The summed E-state index contributed by atoms with van der Waals surface area (Å²) in [7, 11) is 3.43. The van der Waals surface area contributed by atoms with E-state index >= 15 is 0 Å². The number of aliphatic imine (C=N–C) groups is 1. The molecule has 3 rings (SSSR count). The molecule has 0 amide bonds. The van der Waals surface area contributed by atoms with Gasteiger partial charge in [0, 0.05) is 38.9 Å². The number of nitrogens with zero attached hydrogens (tertiary/aromatic N) is 3. The summed E-state index contributed by atoms with van der Waals surface area (Å²) in [6, 6.07) is 11.3. The van der Waals surface area contributed by atoms with Crippen molar-refractivity contribution in [3.8, 4) is 5.75 Å². The molecule has 28 heavy (non-hydrogen) atoms. The summed E-state index contributed by atoms with van der Waals surface area (Å²) in [6.07, 6.45) is 3.40. The lowest BCUT2D eigenvalue weighted by molar-refractivity contribution is 0.414. The minimum atomic E-state index is -0.279. The number of aromatic nitrogens is 1. The molecule has 0 saturated carbocycles. The quantitative estimate of drug-likeness (QED) is 0.364. The molecule has 1 aliphatic heterocycles. The van der Waals surface area contributed by atoms with Gasteiger partial charge in [-0.3, -0.25) is 4.99 Å². The van der Waals surface area contributed by atoms with Crippen LogP contribution in [0.15, 0.2) is 47.6 Å². The van der Waals surface area contributed by atoms with Crippen LogP contribution in [-0.4, -0.2) is 50.8 Å². The summed E-state index contributed by atoms with van der Waals surface area (Å²) < 4.78 is 19.2. The number of rotatable bonds is 6. The second kappa shape index (κ2) is 11.0. The number of benzene rings is 1. The van der Waals surface area contributed by atoms with E-state index in [0.717, 1.165) is 37.6 Å². The van der Waals surface area contributed by atoms with Gasteiger partial charge in [0.15, 0.2) is 17.6 Å². The standard InChI is InChI=1S/C20H26FN5O.HI/c1-22-20(24-11-8-15-5-3-6-17(13-15)27-2)25-16-9-12-26(14-16)19-18(21)7-4-10-23-19;/h3-7,10,13,16H,8-9,11-12,14H2,1-2H3,(H2,22,24,25);1H. The predicted octanol–water partition coefficient (Wildman–Crippen LogP) is 2.83. The normalized spacial score (nSPS) is 16.5. The van der Waals surface area contributed by atoms with E-state index in [0.29, 0.717) is 12.4 Å². The fraction of sp³-hybridized carbons (Fsp3) is 0.400. The van der Waals surface area contributed by atoms with Gasteiger partial charge in [0.25, 0.3) is 0 Å². The van der Waals surface area contributed by atoms with Gasteiger partial charge >= 0.3 is 0 Å². The van der Waals surface area contributed by atoms with Gasteiger partial charge in [-0.25, -0.2) is 9.37 Å². The predicted molar refractivity (Wildman–Crippen MR) is 121 cm³/mol. The highest BCUT2D eigenvalue weighted by Crippen LogP contribution is 2.20. The second-order valence-electron chi connectivity index (χ2n) is 6.49. The zero-order chi connectivity index (χ0) is 19.1. The van der Waals surface area contributed by atoms with Crippen LogP contribution in [0, 0.1) is 5.82 Å². The van der Waals surface area contributed by atoms with Gasteiger partial charge in [-0.2, -0.15) is 0 Å². The molecule has 0 bridgehead atoms. The Morgan fingerprint density at radius 1 is 1.36 bits per heavy atom. The molecule has 2 heterocycles. The second-order valence-corrected chi connectivity index (χ2v) is 6.49. The lowest BCUT2D eigenvalue weighted by Gasteiger charge is -2.20. The minimum absolute atomic E-state index is 0. The molecular weight excluding hydrogens is 472 g/mol. The van der Waals surface area contributed by atoms with E-state index in [4.69, 9.17) is 4.74 Å². The van der Waals surface area contributed by atoms with Crippen molar-refractivity contribution in [2.75, 3.05) is 38.7 Å². The third-order valence-corrected chi connectivity index (χ3v) is 4.63. The third-order valence-electron chi connectivity index (χ3n) is 4.63. The number of nitrogens with one attached hydrogen (secondary N) is 2. The lowest BCUT2D eigenvalue weighted by Crippen LogP contribution is -2.45. The molecule has 1 unspecified atom stereocenters. The number of pyridine rings is 1. The van der Waals surface area contributed by atoms with Gasteiger partial charge in [0.1, 0.15) is 5.75 Å². The first-order chi connectivity index (χ1) is 13.2. The number of methoxy groups -OCH3 is 1. The summed E-state index contributed by atoms with van der Waals surface area (Å²) in [6.45, 7) is 2.23. The first kappa shape index (κ1) is 22.2. The SMILES string of the molecule is CN=C(NCCc1cccc(OC)c1)NC1CCN(c2ncccc2F)C1.I. The van der Waals surface area contributed by atoms with Crippen LogP contribution in [0.2, 0.25) is 0 Å². The number of hydrogen-bond acceptors (Lipinski definition) is 4. The minimum Gasteiger partial charge on any atom is -0.497 e. The molecule has 0 radical (unpaired) electrons. The van der Waals surface area contributed by atoms with Crippen LogP contribution in [-0.2, 0) is 6.42 Å². The summed E-state index contributed by atoms with van der Waals surface area (Å²) in [5.74, 6) is 1.76. The number of ether oxygens (including phenoxy) is 1. The maximum atomic E-state index is 13.9. The molecule has 0 aliphatic carbocycles. The molecule has 2 aromatic rings. The van der Waals surface area contributed by atoms with Crippen molar-refractivity contribution < 1.29 is 9.13 Å². The van der Waals surface area contributed by atoms with Gasteiger partial charge in [0.2, 0.25) is 0 Å². The summed E-state index contributed by atoms with van der Waals surface area (Å²) in [4.78, 5) is 10.4. The molecule has 2 N–H and O–H groups in total. The summed E-state index contributed by atoms with van der Waals surface area (Å²) >= 11 is 0. The van der Waals surface area contributed by atoms with E-state index in [1.54, 1.807) is 26.4 Å². The fourth-order valence-electron chi connectivity index (χ4n) is 3.22. The van der Waals surface area contributed by atoms with Gasteiger partial charge in [-0.05, 0) is 42.7 Å². The number of halogens is 2. The van der Waals surface area contributed by atoms with Crippen LogP contribution >= 0.6 is 24.0 Å². The van der Waals surface area contributed by atoms with Crippen molar-refractivity contribution in [1.82, 2.24) is 15.6 Å². The van der Waals surface area contributed by atoms with Gasteiger partial charge in [0.05, 0.1) is 7.11 Å². The number of guanidine groups is 1. The van der Waals surface area contributed by atoms with Crippen molar-refractivity contribution in [2.45, 2.75) is 18.9 Å². The van der Waals surface area contributed by atoms with Crippen LogP contribution in [0.25, 0.3) is 0 Å². The molecule has 8 heteroatoms. The fourth-order valence-corrected chi connectivity index (χ4v) is 3.22. The van der Waals surface area contributed by atoms with Crippen molar-refractivity contribution in [2.24, 2.45) is 4.99 Å². The molecule has 6 nitrogen and oxygen atoms in total. The molecule has 152 valence electrons. The van der Waals surface area contributed by atoms with E-state index < -0.39 is 0 Å². The van der Waals surface area contributed by atoms with Crippen LogP contribution < -0.4 is 20.3 Å². The number of anilines is 1. The molecule has 1 atom stereocenters. The van der Waals surface area contributed by atoms with Gasteiger partial charge in [-0.15, -0.1) is 24.0 Å². The molecular formula is C20H27FIN5O. The van der Waals surface area contributed by atoms with Crippen molar-refractivity contribution in [1.29, 1.82) is 0 Å². The maximum absolute atomic E-state index is 13.9. The largest absolute Gasteiger partial charge is 0.497 e. The van der Waals surface area contributed by atoms with Crippen molar-refractivity contribution >= 4 is 35.8 Å². The van der Waals surface area contributed by atoms with E-state index in [2.05, 4.69) is 26.7 Å². The van der Waals surface area contributed by atoms with Crippen LogP contribution in [0.5, 0.6) is 5.75 Å². The zero-order valence-corrected chi connectivity index (χ0v) is 18.5. The Morgan fingerprint density at radius 3 is 2.96 bits per heavy atom. The van der Waals surface area contributed by atoms with E-state index in [-0.39, 0.29) is 35.8 Å². The van der Waals surface area contributed by atoms with Crippen molar-refractivity contribution in [3.63, 3.8) is 0 Å². The molecule has 1 aliphatic rings. The summed E-state index contributed by atoms with van der Waals surface area (Å²) in [5.41, 5.74) is 1.20. The van der Waals surface area contributed by atoms with Crippen LogP contribution in [0.4, 0.5) is 10.2 Å². The Morgan fingerprint density at radius 2 is 2.21 bits per heavy atom. The Balaban J connectivity index is 0.00000280. The Bertz CT molecular complexity index is 789. The van der Waals surface area contributed by atoms with Gasteiger partial charge < -0.3 is 20.3 Å². The maximum Gasteiger partial charge on any atom is 0.191 e. The zero-order valence-electron chi connectivity index (χ0n) is 16.2. The lowest BCUT2D eigenvalue weighted by atomic mass is 10.1. The monoisotopic (exact) mass is 499 g/mol. The third kappa shape index (κ3) is 5.95. The molecule has 1 aromatic carbocycles. The van der Waals surface area contributed by atoms with Crippen LogP contribution in [0.1, 0.15) is 12.0 Å². The average Bonchev–Trinajstić information content (AvgIpc) is 3.16. The van der Waals surface area contributed by atoms with E-state index in [1.165, 1.54) is 11.6 Å².